The van der Waals surface area contributed by atoms with Gasteiger partial charge < -0.3 is 4.90 Å². The van der Waals surface area contributed by atoms with E-state index < -0.39 is 0 Å². The van der Waals surface area contributed by atoms with Gasteiger partial charge in [-0.3, -0.25) is 4.79 Å². The van der Waals surface area contributed by atoms with Crippen molar-refractivity contribution in [3.8, 4) is 5.69 Å². The van der Waals surface area contributed by atoms with E-state index in [1.54, 1.807) is 39.5 Å². The van der Waals surface area contributed by atoms with Crippen LogP contribution in [-0.4, -0.2) is 49.1 Å². The van der Waals surface area contributed by atoms with Gasteiger partial charge in [-0.05, 0) is 47.5 Å². The third-order valence-corrected chi connectivity index (χ3v) is 7.10. The van der Waals surface area contributed by atoms with Gasteiger partial charge in [0.1, 0.15) is 11.2 Å². The molecule has 1 saturated heterocycles. The Bertz CT molecular complexity index is 1040. The number of nitrogens with zero attached hydrogens (tertiary/aromatic N) is 5. The van der Waals surface area contributed by atoms with E-state index in [2.05, 4.69) is 15.5 Å². The minimum atomic E-state index is -0.292. The van der Waals surface area contributed by atoms with Crippen LogP contribution in [0.2, 0.25) is 0 Å². The predicted molar refractivity (Wildman–Crippen MR) is 113 cm³/mol. The molecule has 9 heteroatoms. The number of aromatic nitrogens is 4. The lowest BCUT2D eigenvalue weighted by Crippen LogP contribution is -2.32. The molecule has 1 aromatic heterocycles. The molecule has 0 spiro atoms. The van der Waals surface area contributed by atoms with Crippen LogP contribution in [0.4, 0.5) is 4.39 Å². The van der Waals surface area contributed by atoms with Gasteiger partial charge in [0.25, 0.3) is 0 Å². The average Bonchev–Trinajstić information content (AvgIpc) is 3.38. The lowest BCUT2D eigenvalue weighted by Gasteiger charge is -2.24. The van der Waals surface area contributed by atoms with E-state index in [9.17, 15) is 9.18 Å². The van der Waals surface area contributed by atoms with Crippen LogP contribution < -0.4 is 0 Å². The molecule has 6 nitrogen and oxygen atoms in total. The predicted octanol–water partition coefficient (Wildman–Crippen LogP) is 3.78. The number of benzene rings is 2. The average molecular weight is 430 g/mol. The number of carbonyl (C=O) groups is 1. The van der Waals surface area contributed by atoms with E-state index in [4.69, 9.17) is 0 Å². The van der Waals surface area contributed by atoms with Crippen molar-refractivity contribution in [2.75, 3.05) is 18.1 Å². The topological polar surface area (TPSA) is 63.9 Å². The Balaban J connectivity index is 1.49. The molecule has 0 saturated carbocycles. The molecule has 2 heterocycles. The number of aryl methyl sites for hydroxylation is 1. The fraction of sp³-hybridized carbons (Fsp3) is 0.300. The largest absolute Gasteiger partial charge is 0.325 e. The fourth-order valence-electron chi connectivity index (χ4n) is 3.25. The monoisotopic (exact) mass is 429 g/mol. The second kappa shape index (κ2) is 8.54. The maximum atomic E-state index is 14.2. The number of halogens is 1. The standard InChI is InChI=1S/C20H20FN5OS2/c1-13-6-5-9-17(14(13)2)26-20(22-23-24-26)29-12-18(27)25-10-11-28-19(25)15-7-3-4-8-16(15)21/h3-9,19H,10-12H2,1-2H3. The normalized spacial score (nSPS) is 16.4. The number of carbonyl (C=O) groups excluding carboxylic acids is 1. The first-order valence-electron chi connectivity index (χ1n) is 9.19. The zero-order valence-electron chi connectivity index (χ0n) is 16.1. The lowest BCUT2D eigenvalue weighted by atomic mass is 10.1. The first-order valence-corrected chi connectivity index (χ1v) is 11.2. The highest BCUT2D eigenvalue weighted by molar-refractivity contribution is 8.00. The van der Waals surface area contributed by atoms with Gasteiger partial charge in [0.05, 0.1) is 11.4 Å². The molecule has 150 valence electrons. The minimum Gasteiger partial charge on any atom is -0.325 e. The summed E-state index contributed by atoms with van der Waals surface area (Å²) in [5, 5.41) is 12.2. The maximum absolute atomic E-state index is 14.2. The SMILES string of the molecule is Cc1cccc(-n2nnnc2SCC(=O)N2CCSC2c2ccccc2F)c1C. The van der Waals surface area contributed by atoms with E-state index in [0.717, 1.165) is 22.6 Å². The summed E-state index contributed by atoms with van der Waals surface area (Å²) in [5.41, 5.74) is 3.68. The maximum Gasteiger partial charge on any atom is 0.234 e. The number of rotatable bonds is 5. The van der Waals surface area contributed by atoms with E-state index in [1.807, 2.05) is 32.0 Å². The number of hydrogen-bond donors (Lipinski definition) is 0. The second-order valence-corrected chi connectivity index (χ2v) is 8.84. The Labute approximate surface area is 176 Å². The molecule has 1 amide bonds. The van der Waals surface area contributed by atoms with Crippen molar-refractivity contribution < 1.29 is 9.18 Å². The molecular weight excluding hydrogens is 409 g/mol. The Hall–Kier alpha value is -2.39. The molecule has 1 unspecified atom stereocenters. The van der Waals surface area contributed by atoms with Crippen LogP contribution >= 0.6 is 23.5 Å². The Morgan fingerprint density at radius 1 is 1.24 bits per heavy atom. The highest BCUT2D eigenvalue weighted by Crippen LogP contribution is 2.39. The molecule has 3 aromatic rings. The zero-order valence-corrected chi connectivity index (χ0v) is 17.7. The van der Waals surface area contributed by atoms with Crippen LogP contribution in [0.3, 0.4) is 0 Å². The van der Waals surface area contributed by atoms with Gasteiger partial charge in [0.15, 0.2) is 0 Å². The van der Waals surface area contributed by atoms with Crippen molar-refractivity contribution in [2.24, 2.45) is 0 Å². The Morgan fingerprint density at radius 2 is 2.07 bits per heavy atom. The molecule has 0 N–H and O–H groups in total. The lowest BCUT2D eigenvalue weighted by molar-refractivity contribution is -0.128. The van der Waals surface area contributed by atoms with Crippen molar-refractivity contribution >= 4 is 29.4 Å². The minimum absolute atomic E-state index is 0.0521. The van der Waals surface area contributed by atoms with Gasteiger partial charge in [-0.1, -0.05) is 42.1 Å². The summed E-state index contributed by atoms with van der Waals surface area (Å²) in [6.45, 7) is 4.66. The van der Waals surface area contributed by atoms with Crippen molar-refractivity contribution in [3.63, 3.8) is 0 Å². The van der Waals surface area contributed by atoms with Crippen molar-refractivity contribution in [1.29, 1.82) is 0 Å². The number of hydrogen-bond acceptors (Lipinski definition) is 6. The summed E-state index contributed by atoms with van der Waals surface area (Å²) in [5.74, 6) is 0.645. The van der Waals surface area contributed by atoms with Crippen molar-refractivity contribution in [1.82, 2.24) is 25.1 Å². The van der Waals surface area contributed by atoms with Gasteiger partial charge in [0.2, 0.25) is 11.1 Å². The van der Waals surface area contributed by atoms with E-state index in [0.29, 0.717) is 17.3 Å². The smallest absolute Gasteiger partial charge is 0.234 e. The van der Waals surface area contributed by atoms with E-state index >= 15 is 0 Å². The van der Waals surface area contributed by atoms with Gasteiger partial charge >= 0.3 is 0 Å². The molecular formula is C20H20FN5OS2. The Morgan fingerprint density at radius 3 is 2.90 bits per heavy atom. The van der Waals surface area contributed by atoms with Crippen LogP contribution in [0, 0.1) is 19.7 Å². The number of thioether (sulfide) groups is 2. The molecule has 0 aliphatic carbocycles. The van der Waals surface area contributed by atoms with Crippen LogP contribution in [0.15, 0.2) is 47.6 Å². The number of tetrazole rings is 1. The third kappa shape index (κ3) is 4.02. The summed E-state index contributed by atoms with van der Waals surface area (Å²) in [7, 11) is 0. The highest BCUT2D eigenvalue weighted by Gasteiger charge is 2.32. The van der Waals surface area contributed by atoms with E-state index in [-0.39, 0.29) is 22.9 Å². The summed E-state index contributed by atoms with van der Waals surface area (Å²) < 4.78 is 15.9. The molecule has 2 aromatic carbocycles. The number of amides is 1. The molecule has 1 aliphatic rings. The fourth-order valence-corrected chi connectivity index (χ4v) is 5.32. The van der Waals surface area contributed by atoms with Gasteiger partial charge in [-0.2, -0.15) is 4.68 Å². The van der Waals surface area contributed by atoms with E-state index in [1.165, 1.54) is 17.8 Å². The summed E-state index contributed by atoms with van der Waals surface area (Å²) in [6.07, 6.45) is 0. The zero-order chi connectivity index (χ0) is 20.4. The molecule has 1 aliphatic heterocycles. The van der Waals surface area contributed by atoms with Crippen LogP contribution in [-0.2, 0) is 4.79 Å². The van der Waals surface area contributed by atoms with Crippen LogP contribution in [0.25, 0.3) is 5.69 Å². The first kappa shape index (κ1) is 19.9. The van der Waals surface area contributed by atoms with Crippen LogP contribution in [0.1, 0.15) is 22.1 Å². The molecule has 4 rings (SSSR count). The Kier molecular flexibility index (Phi) is 5.86. The van der Waals surface area contributed by atoms with Gasteiger partial charge in [0, 0.05) is 17.9 Å². The third-order valence-electron chi connectivity index (χ3n) is 4.95. The van der Waals surface area contributed by atoms with Crippen LogP contribution in [0.5, 0.6) is 0 Å². The molecule has 1 atom stereocenters. The molecule has 29 heavy (non-hydrogen) atoms. The molecule has 0 bridgehead atoms. The second-order valence-electron chi connectivity index (χ2n) is 6.71. The summed E-state index contributed by atoms with van der Waals surface area (Å²) >= 11 is 2.88. The first-order chi connectivity index (χ1) is 14.1. The highest BCUT2D eigenvalue weighted by atomic mass is 32.2. The van der Waals surface area contributed by atoms with Crippen molar-refractivity contribution in [2.45, 2.75) is 24.4 Å². The van der Waals surface area contributed by atoms with Gasteiger partial charge in [-0.15, -0.1) is 16.9 Å². The molecule has 1 fully saturated rings. The molecule has 0 radical (unpaired) electrons. The summed E-state index contributed by atoms with van der Waals surface area (Å²) in [6, 6.07) is 12.6. The van der Waals surface area contributed by atoms with Crippen molar-refractivity contribution in [3.05, 3.63) is 65.0 Å². The quantitative estimate of drug-likeness (QED) is 0.575. The summed E-state index contributed by atoms with van der Waals surface area (Å²) in [4.78, 5) is 14.6. The van der Waals surface area contributed by atoms with Gasteiger partial charge in [-0.25, -0.2) is 4.39 Å².